The minimum absolute atomic E-state index is 0.113. The molecule has 1 heterocycles. The number of hydrogen-bond acceptors (Lipinski definition) is 5. The highest BCUT2D eigenvalue weighted by Gasteiger charge is 2.18. The summed E-state index contributed by atoms with van der Waals surface area (Å²) in [7, 11) is 0. The van der Waals surface area contributed by atoms with Gasteiger partial charge in [-0.2, -0.15) is 0 Å². The lowest BCUT2D eigenvalue weighted by atomic mass is 10.1. The van der Waals surface area contributed by atoms with Gasteiger partial charge in [0.25, 0.3) is 11.8 Å². The third-order valence-corrected chi connectivity index (χ3v) is 4.48. The van der Waals surface area contributed by atoms with Crippen molar-refractivity contribution in [1.82, 2.24) is 4.98 Å². The van der Waals surface area contributed by atoms with Gasteiger partial charge in [0.2, 0.25) is 0 Å². The maximum absolute atomic E-state index is 14.4. The molecular formula is C21H17ClFN5O3. The molecule has 0 aliphatic carbocycles. The van der Waals surface area contributed by atoms with Crippen LogP contribution in [0, 0.1) is 12.7 Å². The number of rotatable bonds is 5. The molecule has 2 aromatic carbocycles. The lowest BCUT2D eigenvalue weighted by Gasteiger charge is -2.13. The van der Waals surface area contributed by atoms with Gasteiger partial charge in [-0.25, -0.2) is 9.37 Å². The highest BCUT2D eigenvalue weighted by molar-refractivity contribution is 6.30. The number of carbonyl (C=O) groups is 2. The van der Waals surface area contributed by atoms with Gasteiger partial charge >= 0.3 is 0 Å². The second kappa shape index (κ2) is 9.23. The second-order valence-corrected chi connectivity index (χ2v) is 6.94. The summed E-state index contributed by atoms with van der Waals surface area (Å²) in [4.78, 5) is 29.4. The van der Waals surface area contributed by atoms with Crippen LogP contribution < -0.4 is 16.4 Å². The number of amidine groups is 1. The first-order valence-electron chi connectivity index (χ1n) is 8.91. The van der Waals surface area contributed by atoms with Gasteiger partial charge in [0, 0.05) is 11.8 Å². The number of halogens is 2. The molecule has 2 amide bonds. The normalized spacial score (nSPS) is 11.1. The summed E-state index contributed by atoms with van der Waals surface area (Å²) >= 11 is 5.80. The Hall–Kier alpha value is -3.98. The van der Waals surface area contributed by atoms with Crippen LogP contribution in [-0.4, -0.2) is 27.8 Å². The van der Waals surface area contributed by atoms with Gasteiger partial charge in [-0.1, -0.05) is 34.5 Å². The zero-order chi connectivity index (χ0) is 22.5. The Morgan fingerprint density at radius 3 is 2.45 bits per heavy atom. The van der Waals surface area contributed by atoms with E-state index in [1.165, 1.54) is 24.4 Å². The number of anilines is 2. The van der Waals surface area contributed by atoms with E-state index in [2.05, 4.69) is 20.8 Å². The Balaban J connectivity index is 1.86. The van der Waals surface area contributed by atoms with Crippen molar-refractivity contribution in [1.29, 1.82) is 0 Å². The maximum atomic E-state index is 14.4. The number of nitrogens with zero attached hydrogens (tertiary/aromatic N) is 2. The van der Waals surface area contributed by atoms with E-state index in [0.29, 0.717) is 5.02 Å². The predicted molar refractivity (Wildman–Crippen MR) is 115 cm³/mol. The number of aryl methyl sites for hydroxylation is 1. The Kier molecular flexibility index (Phi) is 6.46. The van der Waals surface area contributed by atoms with Gasteiger partial charge in [0.15, 0.2) is 5.84 Å². The fourth-order valence-corrected chi connectivity index (χ4v) is 2.81. The Morgan fingerprint density at radius 1 is 1.06 bits per heavy atom. The standard InChI is InChI=1S/C21H17ClFN5O3/c1-11-2-6-17(15(8-11)21(30)27-18-7-4-13(22)10-25-18)26-20(29)14-5-3-12(9-16(14)23)19(24)28-31/h2-10,31H,1H3,(H2,24,28)(H,26,29)(H,25,27,30). The summed E-state index contributed by atoms with van der Waals surface area (Å²) in [5.74, 6) is -2.18. The summed E-state index contributed by atoms with van der Waals surface area (Å²) in [6.07, 6.45) is 1.39. The minimum atomic E-state index is -0.870. The average molecular weight is 442 g/mol. The molecule has 0 aliphatic rings. The molecule has 0 unspecified atom stereocenters. The molecule has 8 nitrogen and oxygen atoms in total. The SMILES string of the molecule is Cc1ccc(NC(=O)c2ccc(/C(N)=N/O)cc2F)c(C(=O)Nc2ccc(Cl)cn2)c1. The monoisotopic (exact) mass is 441 g/mol. The van der Waals surface area contributed by atoms with Crippen molar-refractivity contribution >= 4 is 40.8 Å². The van der Waals surface area contributed by atoms with Crippen LogP contribution in [0.3, 0.4) is 0 Å². The first kappa shape index (κ1) is 21.7. The number of hydrogen-bond donors (Lipinski definition) is 4. The molecule has 3 aromatic rings. The van der Waals surface area contributed by atoms with E-state index in [4.69, 9.17) is 22.5 Å². The molecule has 0 bridgehead atoms. The molecule has 0 atom stereocenters. The fraction of sp³-hybridized carbons (Fsp3) is 0.0476. The van der Waals surface area contributed by atoms with Crippen LogP contribution in [0.4, 0.5) is 15.9 Å². The Labute approximate surface area is 181 Å². The molecular weight excluding hydrogens is 425 g/mol. The minimum Gasteiger partial charge on any atom is -0.409 e. The number of pyridine rings is 1. The largest absolute Gasteiger partial charge is 0.409 e. The predicted octanol–water partition coefficient (Wildman–Crippen LogP) is 3.78. The van der Waals surface area contributed by atoms with Gasteiger partial charge < -0.3 is 21.6 Å². The lowest BCUT2D eigenvalue weighted by Crippen LogP contribution is -2.20. The van der Waals surface area contributed by atoms with Crippen molar-refractivity contribution in [2.24, 2.45) is 10.9 Å². The van der Waals surface area contributed by atoms with E-state index in [-0.39, 0.29) is 34.0 Å². The molecule has 31 heavy (non-hydrogen) atoms. The van der Waals surface area contributed by atoms with Crippen LogP contribution in [0.5, 0.6) is 0 Å². The van der Waals surface area contributed by atoms with Gasteiger partial charge in [-0.05, 0) is 43.3 Å². The van der Waals surface area contributed by atoms with Crippen molar-refractivity contribution in [2.45, 2.75) is 6.92 Å². The fourth-order valence-electron chi connectivity index (χ4n) is 2.69. The second-order valence-electron chi connectivity index (χ2n) is 6.50. The summed E-state index contributed by atoms with van der Waals surface area (Å²) < 4.78 is 14.4. The molecule has 0 radical (unpaired) electrons. The first-order chi connectivity index (χ1) is 14.8. The van der Waals surface area contributed by atoms with E-state index >= 15 is 0 Å². The topological polar surface area (TPSA) is 130 Å². The number of benzene rings is 2. The van der Waals surface area contributed by atoms with Crippen LogP contribution >= 0.6 is 11.6 Å². The van der Waals surface area contributed by atoms with E-state index in [1.807, 2.05) is 0 Å². The molecule has 0 saturated heterocycles. The summed E-state index contributed by atoms with van der Waals surface area (Å²) in [6, 6.07) is 11.4. The summed E-state index contributed by atoms with van der Waals surface area (Å²) in [6.45, 7) is 1.79. The number of nitrogens with two attached hydrogens (primary N) is 1. The number of amides is 2. The maximum Gasteiger partial charge on any atom is 0.258 e. The van der Waals surface area contributed by atoms with Crippen LogP contribution in [0.15, 0.2) is 59.9 Å². The molecule has 0 fully saturated rings. The van der Waals surface area contributed by atoms with Gasteiger partial charge in [0.1, 0.15) is 11.6 Å². The smallest absolute Gasteiger partial charge is 0.258 e. The zero-order valence-corrected chi connectivity index (χ0v) is 16.9. The van der Waals surface area contributed by atoms with E-state index in [0.717, 1.165) is 11.6 Å². The van der Waals surface area contributed by atoms with Crippen LogP contribution in [0.2, 0.25) is 5.02 Å². The quantitative estimate of drug-likeness (QED) is 0.207. The Morgan fingerprint density at radius 2 is 1.81 bits per heavy atom. The average Bonchev–Trinajstić information content (AvgIpc) is 2.75. The van der Waals surface area contributed by atoms with Crippen LogP contribution in [-0.2, 0) is 0 Å². The molecule has 5 N–H and O–H groups in total. The first-order valence-corrected chi connectivity index (χ1v) is 9.28. The number of oxime groups is 1. The highest BCUT2D eigenvalue weighted by Crippen LogP contribution is 2.21. The number of nitrogens with one attached hydrogen (secondary N) is 2. The summed E-state index contributed by atoms with van der Waals surface area (Å²) in [5.41, 5.74) is 6.39. The number of carbonyl (C=O) groups excluding carboxylic acids is 2. The zero-order valence-electron chi connectivity index (χ0n) is 16.2. The van der Waals surface area contributed by atoms with E-state index < -0.39 is 17.6 Å². The van der Waals surface area contributed by atoms with Crippen molar-refractivity contribution in [3.05, 3.63) is 87.8 Å². The molecule has 10 heteroatoms. The third kappa shape index (κ3) is 5.14. The summed E-state index contributed by atoms with van der Waals surface area (Å²) in [5, 5.41) is 17.1. The molecule has 0 saturated carbocycles. The van der Waals surface area contributed by atoms with Crippen LogP contribution in [0.1, 0.15) is 31.8 Å². The third-order valence-electron chi connectivity index (χ3n) is 4.25. The van der Waals surface area contributed by atoms with E-state index in [9.17, 15) is 14.0 Å². The molecule has 158 valence electrons. The van der Waals surface area contributed by atoms with Gasteiger partial charge in [0.05, 0.1) is 21.8 Å². The van der Waals surface area contributed by atoms with E-state index in [1.54, 1.807) is 31.2 Å². The molecule has 1 aromatic heterocycles. The lowest BCUT2D eigenvalue weighted by molar-refractivity contribution is 0.102. The van der Waals surface area contributed by atoms with Gasteiger partial charge in [-0.3, -0.25) is 9.59 Å². The Bertz CT molecular complexity index is 1180. The van der Waals surface area contributed by atoms with Crippen molar-refractivity contribution < 1.29 is 19.2 Å². The van der Waals surface area contributed by atoms with Crippen molar-refractivity contribution in [2.75, 3.05) is 10.6 Å². The molecule has 3 rings (SSSR count). The van der Waals surface area contributed by atoms with Crippen molar-refractivity contribution in [3.8, 4) is 0 Å². The molecule has 0 aliphatic heterocycles. The van der Waals surface area contributed by atoms with Gasteiger partial charge in [-0.15, -0.1) is 0 Å². The number of aromatic nitrogens is 1. The highest BCUT2D eigenvalue weighted by atomic mass is 35.5. The molecule has 0 spiro atoms. The van der Waals surface area contributed by atoms with Crippen molar-refractivity contribution in [3.63, 3.8) is 0 Å². The van der Waals surface area contributed by atoms with Crippen LogP contribution in [0.25, 0.3) is 0 Å².